The summed E-state index contributed by atoms with van der Waals surface area (Å²) in [6, 6.07) is 15.8. The first-order valence-electron chi connectivity index (χ1n) is 9.81. The Balaban J connectivity index is 1.55. The van der Waals surface area contributed by atoms with Crippen LogP contribution < -0.4 is 5.56 Å². The van der Waals surface area contributed by atoms with E-state index in [2.05, 4.69) is 11.1 Å². The number of Topliss-reactive ketones (excluding diaryl/α,β-unsaturated/α-hetero) is 1. The summed E-state index contributed by atoms with van der Waals surface area (Å²) in [4.78, 5) is 32.4. The largest absolute Gasteiger partial charge is 0.292 e. The Kier molecular flexibility index (Phi) is 4.40. The Morgan fingerprint density at radius 3 is 2.72 bits per heavy atom. The highest BCUT2D eigenvalue weighted by Crippen LogP contribution is 2.35. The first-order chi connectivity index (χ1) is 14.1. The van der Waals surface area contributed by atoms with Gasteiger partial charge >= 0.3 is 0 Å². The summed E-state index contributed by atoms with van der Waals surface area (Å²) in [6.07, 6.45) is 4.76. The molecular weight excluding hydrogens is 380 g/mol. The van der Waals surface area contributed by atoms with Gasteiger partial charge in [0.05, 0.1) is 18.3 Å². The number of aromatic nitrogens is 2. The van der Waals surface area contributed by atoms with Gasteiger partial charge < -0.3 is 0 Å². The van der Waals surface area contributed by atoms with Gasteiger partial charge in [-0.25, -0.2) is 4.98 Å². The summed E-state index contributed by atoms with van der Waals surface area (Å²) in [7, 11) is 0. The van der Waals surface area contributed by atoms with Gasteiger partial charge in [-0.15, -0.1) is 11.3 Å². The molecule has 0 spiro atoms. The quantitative estimate of drug-likeness (QED) is 0.462. The summed E-state index contributed by atoms with van der Waals surface area (Å²) in [6.45, 7) is 2.01. The predicted octanol–water partition coefficient (Wildman–Crippen LogP) is 4.81. The van der Waals surface area contributed by atoms with Gasteiger partial charge in [0.25, 0.3) is 5.56 Å². The molecule has 4 aromatic rings. The van der Waals surface area contributed by atoms with Crippen LogP contribution in [-0.4, -0.2) is 15.3 Å². The molecule has 29 heavy (non-hydrogen) atoms. The lowest BCUT2D eigenvalue weighted by Gasteiger charge is -2.08. The second-order valence-corrected chi connectivity index (χ2v) is 8.72. The molecule has 144 valence electrons. The number of hydrogen-bond donors (Lipinski definition) is 0. The molecule has 0 unspecified atom stereocenters. The van der Waals surface area contributed by atoms with Crippen LogP contribution in [0.3, 0.4) is 0 Å². The number of ketones is 1. The average Bonchev–Trinajstić information content (AvgIpc) is 3.34. The van der Waals surface area contributed by atoms with Gasteiger partial charge in [-0.2, -0.15) is 0 Å². The number of carbonyl (C=O) groups excluding carboxylic acids is 1. The van der Waals surface area contributed by atoms with E-state index in [9.17, 15) is 9.59 Å². The van der Waals surface area contributed by atoms with Gasteiger partial charge in [0.15, 0.2) is 5.78 Å². The van der Waals surface area contributed by atoms with Gasteiger partial charge in [0.2, 0.25) is 0 Å². The van der Waals surface area contributed by atoms with Crippen LogP contribution in [0.1, 0.15) is 32.8 Å². The van der Waals surface area contributed by atoms with Crippen molar-refractivity contribution in [3.8, 4) is 11.1 Å². The Morgan fingerprint density at radius 1 is 1.10 bits per heavy atom. The molecule has 1 aliphatic carbocycles. The molecule has 0 saturated heterocycles. The zero-order valence-electron chi connectivity index (χ0n) is 16.1. The number of carbonyl (C=O) groups is 1. The number of fused-ring (bicyclic) bond motifs is 2. The molecule has 5 rings (SSSR count). The number of aryl methyl sites for hydroxylation is 3. The summed E-state index contributed by atoms with van der Waals surface area (Å²) < 4.78 is 1.44. The normalized spacial score (nSPS) is 13.0. The van der Waals surface area contributed by atoms with Crippen molar-refractivity contribution >= 4 is 27.3 Å². The Hall–Kier alpha value is -3.05. The third-order valence-electron chi connectivity index (χ3n) is 5.65. The molecule has 1 aliphatic rings. The van der Waals surface area contributed by atoms with Crippen molar-refractivity contribution in [3.05, 3.63) is 86.8 Å². The maximum atomic E-state index is 13.3. The van der Waals surface area contributed by atoms with E-state index in [1.54, 1.807) is 0 Å². The monoisotopic (exact) mass is 400 g/mol. The van der Waals surface area contributed by atoms with Crippen LogP contribution in [0.4, 0.5) is 0 Å². The lowest BCUT2D eigenvalue weighted by Crippen LogP contribution is -2.24. The minimum Gasteiger partial charge on any atom is -0.292 e. The highest BCUT2D eigenvalue weighted by Gasteiger charge is 2.19. The third kappa shape index (κ3) is 3.12. The number of thiophene rings is 1. The Morgan fingerprint density at radius 2 is 1.90 bits per heavy atom. The first kappa shape index (κ1) is 18.0. The van der Waals surface area contributed by atoms with E-state index in [1.165, 1.54) is 33.4 Å². The molecule has 4 nitrogen and oxygen atoms in total. The Labute approximate surface area is 172 Å². The maximum Gasteiger partial charge on any atom is 0.263 e. The highest BCUT2D eigenvalue weighted by molar-refractivity contribution is 7.19. The lowest BCUT2D eigenvalue weighted by molar-refractivity contribution is 0.0970. The molecule has 0 saturated carbocycles. The van der Waals surface area contributed by atoms with E-state index >= 15 is 0 Å². The van der Waals surface area contributed by atoms with Crippen LogP contribution in [0.25, 0.3) is 21.3 Å². The van der Waals surface area contributed by atoms with E-state index < -0.39 is 0 Å². The van der Waals surface area contributed by atoms with Gasteiger partial charge in [0, 0.05) is 16.0 Å². The second-order valence-electron chi connectivity index (χ2n) is 7.52. The maximum absolute atomic E-state index is 13.3. The van der Waals surface area contributed by atoms with Gasteiger partial charge in [-0.05, 0) is 48.9 Å². The number of hydrogen-bond acceptors (Lipinski definition) is 4. The van der Waals surface area contributed by atoms with E-state index in [0.29, 0.717) is 15.8 Å². The van der Waals surface area contributed by atoms with E-state index in [-0.39, 0.29) is 17.9 Å². The van der Waals surface area contributed by atoms with Crippen LogP contribution in [0.5, 0.6) is 0 Å². The number of rotatable bonds is 4. The molecule has 0 atom stereocenters. The summed E-state index contributed by atoms with van der Waals surface area (Å²) in [5.41, 5.74) is 5.02. The summed E-state index contributed by atoms with van der Waals surface area (Å²) in [5.74, 6) is -0.0591. The highest BCUT2D eigenvalue weighted by atomic mass is 32.1. The minimum absolute atomic E-state index is 0.00365. The summed E-state index contributed by atoms with van der Waals surface area (Å²) >= 11 is 1.52. The third-order valence-corrected chi connectivity index (χ3v) is 6.66. The van der Waals surface area contributed by atoms with Gasteiger partial charge in [-0.3, -0.25) is 14.2 Å². The zero-order valence-corrected chi connectivity index (χ0v) is 17.0. The fraction of sp³-hybridized carbons (Fsp3) is 0.208. The van der Waals surface area contributed by atoms with Crippen molar-refractivity contribution in [2.24, 2.45) is 0 Å². The standard InChI is InChI=1S/C24H20N2O2S/c1-15-21(17-6-3-2-4-7-17)22-23(29-15)25-14-26(24(22)28)13-20(27)19-11-10-16-8-5-9-18(16)12-19/h2-4,6-7,10-12,14H,5,8-9,13H2,1H3. The van der Waals surface area contributed by atoms with Gasteiger partial charge in [0.1, 0.15) is 4.83 Å². The van der Waals surface area contributed by atoms with Crippen LogP contribution in [-0.2, 0) is 19.4 Å². The van der Waals surface area contributed by atoms with Gasteiger partial charge in [-0.1, -0.05) is 42.5 Å². The number of benzene rings is 2. The molecule has 0 bridgehead atoms. The predicted molar refractivity (Wildman–Crippen MR) is 117 cm³/mol. The lowest BCUT2D eigenvalue weighted by atomic mass is 10.0. The summed E-state index contributed by atoms with van der Waals surface area (Å²) in [5, 5.41) is 0.600. The number of nitrogens with zero attached hydrogens (tertiary/aromatic N) is 2. The smallest absolute Gasteiger partial charge is 0.263 e. The molecule has 0 amide bonds. The van der Waals surface area contributed by atoms with Crippen molar-refractivity contribution in [2.75, 3.05) is 0 Å². The molecule has 2 heterocycles. The van der Waals surface area contributed by atoms with Crippen molar-refractivity contribution < 1.29 is 4.79 Å². The molecule has 5 heteroatoms. The molecule has 2 aromatic heterocycles. The fourth-order valence-electron chi connectivity index (χ4n) is 4.19. The molecular formula is C24H20N2O2S. The van der Waals surface area contributed by atoms with E-state index in [4.69, 9.17) is 0 Å². The Bertz CT molecular complexity index is 1300. The molecule has 2 aromatic carbocycles. The van der Waals surface area contributed by atoms with Crippen molar-refractivity contribution in [2.45, 2.75) is 32.7 Å². The van der Waals surface area contributed by atoms with Crippen molar-refractivity contribution in [3.63, 3.8) is 0 Å². The van der Waals surface area contributed by atoms with Crippen LogP contribution in [0.2, 0.25) is 0 Å². The topological polar surface area (TPSA) is 52.0 Å². The molecule has 0 radical (unpaired) electrons. The van der Waals surface area contributed by atoms with Crippen LogP contribution in [0, 0.1) is 6.92 Å². The molecule has 0 aliphatic heterocycles. The van der Waals surface area contributed by atoms with Crippen LogP contribution >= 0.6 is 11.3 Å². The minimum atomic E-state index is -0.160. The SMILES string of the molecule is Cc1sc2ncn(CC(=O)c3ccc4c(c3)CCC4)c(=O)c2c1-c1ccccc1. The van der Waals surface area contributed by atoms with Crippen molar-refractivity contribution in [1.29, 1.82) is 0 Å². The molecule has 0 N–H and O–H groups in total. The zero-order chi connectivity index (χ0) is 20.0. The first-order valence-corrected chi connectivity index (χ1v) is 10.6. The van der Waals surface area contributed by atoms with E-state index in [0.717, 1.165) is 35.3 Å². The second kappa shape index (κ2) is 7.08. The molecule has 0 fully saturated rings. The van der Waals surface area contributed by atoms with Crippen LogP contribution in [0.15, 0.2) is 59.7 Å². The average molecular weight is 401 g/mol. The van der Waals surface area contributed by atoms with E-state index in [1.807, 2.05) is 49.4 Å². The fourth-order valence-corrected chi connectivity index (χ4v) is 5.20. The van der Waals surface area contributed by atoms with Crippen molar-refractivity contribution in [1.82, 2.24) is 9.55 Å².